The van der Waals surface area contributed by atoms with Gasteiger partial charge in [-0.25, -0.2) is 0 Å². The van der Waals surface area contributed by atoms with E-state index in [0.717, 1.165) is 51.4 Å². The summed E-state index contributed by atoms with van der Waals surface area (Å²) in [5, 5.41) is 0. The number of esters is 2. The highest BCUT2D eigenvalue weighted by Crippen LogP contribution is 2.46. The molecule has 8 atom stereocenters. The van der Waals surface area contributed by atoms with Crippen LogP contribution < -0.4 is 0 Å². The third kappa shape index (κ3) is 9.14. The molecule has 0 radical (unpaired) electrons. The minimum absolute atomic E-state index is 0.0384. The number of hydrogen-bond acceptors (Lipinski definition) is 4. The number of alkyl halides is 4. The maximum atomic E-state index is 13.2. The van der Waals surface area contributed by atoms with Crippen molar-refractivity contribution in [3.05, 3.63) is 0 Å². The Labute approximate surface area is 228 Å². The topological polar surface area (TPSA) is 52.6 Å². The summed E-state index contributed by atoms with van der Waals surface area (Å²) in [4.78, 5) is 25.9. The Morgan fingerprint density at radius 2 is 1.00 bits per heavy atom. The second-order valence-corrected chi connectivity index (χ2v) is 13.2. The average molecular weight is 712 g/mol. The number of carbonyl (C=O) groups excluding carboxylic acids is 2. The molecule has 0 aliphatic heterocycles. The van der Waals surface area contributed by atoms with Gasteiger partial charge in [-0.1, -0.05) is 130 Å². The molecule has 1 aliphatic carbocycles. The standard InChI is InChI=1S/C24H40Br4O4/c1-5-9-11-15(7-3)13-31-23(29)17-18(20(26)22(28)21(27)19(17)25)24(30)32-14-16(8-4)12-10-6-2/h15-22H,5-14H2,1-4H3. The number of hydrogen-bond donors (Lipinski definition) is 0. The van der Waals surface area contributed by atoms with Crippen LogP contribution in [0.3, 0.4) is 0 Å². The zero-order chi connectivity index (χ0) is 24.3. The smallest absolute Gasteiger partial charge is 0.311 e. The molecule has 1 saturated carbocycles. The Bertz CT molecular complexity index is 514. The molecule has 0 N–H and O–H groups in total. The minimum atomic E-state index is -0.621. The van der Waals surface area contributed by atoms with Gasteiger partial charge in [-0.2, -0.15) is 0 Å². The van der Waals surface area contributed by atoms with E-state index in [1.165, 1.54) is 0 Å². The molecule has 1 fully saturated rings. The molecule has 0 saturated heterocycles. The number of unbranched alkanes of at least 4 members (excludes halogenated alkanes) is 2. The quantitative estimate of drug-likeness (QED) is 0.136. The Hall–Kier alpha value is 0.860. The van der Waals surface area contributed by atoms with Crippen molar-refractivity contribution in [1.29, 1.82) is 0 Å². The van der Waals surface area contributed by atoms with Crippen LogP contribution in [0.4, 0.5) is 0 Å². The maximum absolute atomic E-state index is 13.2. The van der Waals surface area contributed by atoms with Crippen LogP contribution in [0, 0.1) is 23.7 Å². The summed E-state index contributed by atoms with van der Waals surface area (Å²) in [6.45, 7) is 9.40. The van der Waals surface area contributed by atoms with E-state index in [2.05, 4.69) is 91.4 Å². The van der Waals surface area contributed by atoms with Crippen LogP contribution in [0.25, 0.3) is 0 Å². The summed E-state index contributed by atoms with van der Waals surface area (Å²) >= 11 is 14.8. The second-order valence-electron chi connectivity index (χ2n) is 8.92. The van der Waals surface area contributed by atoms with Gasteiger partial charge in [0.1, 0.15) is 0 Å². The maximum Gasteiger partial charge on any atom is 0.311 e. The number of ether oxygens (including phenoxy) is 2. The third-order valence-corrected chi connectivity index (χ3v) is 13.2. The first-order chi connectivity index (χ1) is 15.2. The van der Waals surface area contributed by atoms with Gasteiger partial charge in [-0.05, 0) is 24.7 Å². The van der Waals surface area contributed by atoms with Crippen molar-refractivity contribution in [3.63, 3.8) is 0 Å². The van der Waals surface area contributed by atoms with E-state index in [9.17, 15) is 9.59 Å². The van der Waals surface area contributed by atoms with Crippen LogP contribution in [0.2, 0.25) is 0 Å². The SMILES string of the molecule is CCCCC(CC)COC(=O)C1C(Br)C(Br)C(Br)C(Br)C1C(=O)OCC(CC)CCCC. The Morgan fingerprint density at radius 1 is 0.656 bits per heavy atom. The molecule has 1 rings (SSSR count). The predicted molar refractivity (Wildman–Crippen MR) is 146 cm³/mol. The lowest BCUT2D eigenvalue weighted by molar-refractivity contribution is -0.163. The fourth-order valence-corrected chi connectivity index (χ4v) is 7.97. The number of rotatable bonds is 14. The monoisotopic (exact) mass is 708 g/mol. The highest BCUT2D eigenvalue weighted by atomic mass is 79.9. The zero-order valence-corrected chi connectivity index (χ0v) is 26.2. The molecule has 0 aromatic carbocycles. The molecule has 0 aromatic heterocycles. The van der Waals surface area contributed by atoms with E-state index in [0.29, 0.717) is 25.0 Å². The van der Waals surface area contributed by atoms with Crippen molar-refractivity contribution in [2.75, 3.05) is 13.2 Å². The van der Waals surface area contributed by atoms with Gasteiger partial charge in [-0.3, -0.25) is 9.59 Å². The van der Waals surface area contributed by atoms with Crippen LogP contribution in [0.15, 0.2) is 0 Å². The van der Waals surface area contributed by atoms with E-state index >= 15 is 0 Å². The van der Waals surface area contributed by atoms with Gasteiger partial charge < -0.3 is 9.47 Å². The van der Waals surface area contributed by atoms with Crippen LogP contribution in [-0.2, 0) is 19.1 Å². The Balaban J connectivity index is 2.92. The fourth-order valence-electron chi connectivity index (χ4n) is 4.09. The normalized spacial score (nSPS) is 29.9. The van der Waals surface area contributed by atoms with Crippen molar-refractivity contribution in [2.45, 2.75) is 98.4 Å². The molecule has 0 spiro atoms. The Morgan fingerprint density at radius 3 is 1.28 bits per heavy atom. The van der Waals surface area contributed by atoms with Crippen molar-refractivity contribution in [1.82, 2.24) is 0 Å². The zero-order valence-electron chi connectivity index (χ0n) is 19.8. The van der Waals surface area contributed by atoms with Crippen molar-refractivity contribution in [3.8, 4) is 0 Å². The van der Waals surface area contributed by atoms with Crippen LogP contribution in [0.5, 0.6) is 0 Å². The van der Waals surface area contributed by atoms with Gasteiger partial charge in [0, 0.05) is 19.3 Å². The van der Waals surface area contributed by atoms with Gasteiger partial charge in [0.15, 0.2) is 0 Å². The molecular weight excluding hydrogens is 672 g/mol. The average Bonchev–Trinajstić information content (AvgIpc) is 2.79. The molecule has 8 heteroatoms. The predicted octanol–water partition coefficient (Wildman–Crippen LogP) is 7.81. The number of carbonyl (C=O) groups is 2. The summed E-state index contributed by atoms with van der Waals surface area (Å²) < 4.78 is 11.6. The second kappa shape index (κ2) is 16.5. The summed E-state index contributed by atoms with van der Waals surface area (Å²) in [6.07, 6.45) is 8.57. The molecule has 4 nitrogen and oxygen atoms in total. The molecule has 8 unspecified atom stereocenters. The highest BCUT2D eigenvalue weighted by Gasteiger charge is 2.54. The van der Waals surface area contributed by atoms with Gasteiger partial charge in [0.05, 0.1) is 25.0 Å². The molecule has 0 heterocycles. The lowest BCUT2D eigenvalue weighted by Crippen LogP contribution is -2.55. The third-order valence-electron chi connectivity index (χ3n) is 6.54. The largest absolute Gasteiger partial charge is 0.465 e. The molecule has 1 aliphatic rings. The molecule has 0 amide bonds. The van der Waals surface area contributed by atoms with Crippen LogP contribution in [-0.4, -0.2) is 44.5 Å². The molecule has 0 bridgehead atoms. The van der Waals surface area contributed by atoms with Crippen molar-refractivity contribution in [2.24, 2.45) is 23.7 Å². The molecule has 32 heavy (non-hydrogen) atoms. The molecule has 0 aromatic rings. The highest BCUT2D eigenvalue weighted by molar-refractivity contribution is 9.14. The van der Waals surface area contributed by atoms with Gasteiger partial charge in [-0.15, -0.1) is 0 Å². The summed E-state index contributed by atoms with van der Waals surface area (Å²) in [5.41, 5.74) is 0. The van der Waals surface area contributed by atoms with E-state index in [4.69, 9.17) is 9.47 Å². The molecular formula is C24H40Br4O4. The first-order valence-corrected chi connectivity index (χ1v) is 15.8. The van der Waals surface area contributed by atoms with Gasteiger partial charge in [0.2, 0.25) is 0 Å². The van der Waals surface area contributed by atoms with Crippen molar-refractivity contribution >= 4 is 75.7 Å². The van der Waals surface area contributed by atoms with Crippen LogP contribution in [0.1, 0.15) is 79.1 Å². The lowest BCUT2D eigenvalue weighted by atomic mass is 9.78. The first kappa shape index (κ1) is 30.9. The Kier molecular flexibility index (Phi) is 15.9. The van der Waals surface area contributed by atoms with E-state index < -0.39 is 11.8 Å². The number of halogens is 4. The van der Waals surface area contributed by atoms with Gasteiger partial charge >= 0.3 is 11.9 Å². The summed E-state index contributed by atoms with van der Waals surface area (Å²) in [5.74, 6) is -1.18. The summed E-state index contributed by atoms with van der Waals surface area (Å²) in [7, 11) is 0. The van der Waals surface area contributed by atoms with Gasteiger partial charge in [0.25, 0.3) is 0 Å². The minimum Gasteiger partial charge on any atom is -0.465 e. The first-order valence-electron chi connectivity index (χ1n) is 12.1. The van der Waals surface area contributed by atoms with E-state index in [1.54, 1.807) is 0 Å². The lowest BCUT2D eigenvalue weighted by Gasteiger charge is -2.42. The van der Waals surface area contributed by atoms with Crippen molar-refractivity contribution < 1.29 is 19.1 Å². The van der Waals surface area contributed by atoms with Crippen LogP contribution >= 0.6 is 63.7 Å². The summed E-state index contributed by atoms with van der Waals surface area (Å²) in [6, 6.07) is 0. The fraction of sp³-hybridized carbons (Fsp3) is 0.917. The molecule has 188 valence electrons. The van der Waals surface area contributed by atoms with E-state index in [1.807, 2.05) is 0 Å². The van der Waals surface area contributed by atoms with E-state index in [-0.39, 0.29) is 31.2 Å².